The predicted octanol–water partition coefficient (Wildman–Crippen LogP) is 3.50. The molecule has 0 spiro atoms. The van der Waals surface area contributed by atoms with Crippen molar-refractivity contribution in [2.24, 2.45) is 0 Å². The van der Waals surface area contributed by atoms with Crippen LogP contribution in [0, 0.1) is 10.1 Å². The highest BCUT2D eigenvalue weighted by molar-refractivity contribution is 6.07. The maximum absolute atomic E-state index is 13.0. The number of non-ortho nitro benzene ring substituents is 1. The van der Waals surface area contributed by atoms with Gasteiger partial charge in [-0.1, -0.05) is 36.4 Å². The van der Waals surface area contributed by atoms with Gasteiger partial charge in [-0.25, -0.2) is 0 Å². The number of carbonyl (C=O) groups excluding carboxylic acids is 2. The lowest BCUT2D eigenvalue weighted by Crippen LogP contribution is -2.50. The molecule has 1 aliphatic rings. The number of ether oxygens (including phenoxy) is 1. The Bertz CT molecular complexity index is 1130. The Labute approximate surface area is 185 Å². The minimum atomic E-state index is -0.474. The summed E-state index contributed by atoms with van der Waals surface area (Å²) < 4.78 is 5.53. The predicted molar refractivity (Wildman–Crippen MR) is 120 cm³/mol. The van der Waals surface area contributed by atoms with Crippen molar-refractivity contribution in [1.82, 2.24) is 9.80 Å². The van der Waals surface area contributed by atoms with Gasteiger partial charge in [0.2, 0.25) is 5.91 Å². The van der Waals surface area contributed by atoms with E-state index in [1.54, 1.807) is 9.80 Å². The van der Waals surface area contributed by atoms with E-state index in [4.69, 9.17) is 4.74 Å². The zero-order chi connectivity index (χ0) is 22.5. The molecule has 164 valence electrons. The van der Waals surface area contributed by atoms with E-state index in [1.807, 2.05) is 42.5 Å². The number of nitro groups is 1. The van der Waals surface area contributed by atoms with Gasteiger partial charge >= 0.3 is 0 Å². The molecule has 3 aromatic rings. The van der Waals surface area contributed by atoms with Crippen LogP contribution in [0.1, 0.15) is 16.8 Å². The number of hydrogen-bond acceptors (Lipinski definition) is 5. The fraction of sp³-hybridized carbons (Fsp3) is 0.250. The van der Waals surface area contributed by atoms with Gasteiger partial charge in [-0.3, -0.25) is 19.7 Å². The topological polar surface area (TPSA) is 93.0 Å². The summed E-state index contributed by atoms with van der Waals surface area (Å²) in [4.78, 5) is 39.3. The first kappa shape index (κ1) is 21.3. The van der Waals surface area contributed by atoms with E-state index >= 15 is 0 Å². The molecule has 0 saturated carbocycles. The lowest BCUT2D eigenvalue weighted by Gasteiger charge is -2.35. The number of rotatable bonds is 6. The molecule has 0 atom stereocenters. The SMILES string of the molecule is O=C(CCOc1ccc([N+](=O)[O-])cc1)N1CCN(C(=O)c2cccc3ccccc23)CC1. The maximum atomic E-state index is 13.0. The fourth-order valence-electron chi connectivity index (χ4n) is 3.82. The van der Waals surface area contributed by atoms with Gasteiger partial charge in [0.25, 0.3) is 11.6 Å². The Balaban J connectivity index is 1.27. The van der Waals surface area contributed by atoms with Crippen LogP contribution >= 0.6 is 0 Å². The number of nitrogens with zero attached hydrogens (tertiary/aromatic N) is 3. The van der Waals surface area contributed by atoms with Crippen molar-refractivity contribution >= 4 is 28.3 Å². The third kappa shape index (κ3) is 4.69. The van der Waals surface area contributed by atoms with Gasteiger partial charge < -0.3 is 14.5 Å². The van der Waals surface area contributed by atoms with Crippen LogP contribution in [0.25, 0.3) is 10.8 Å². The Morgan fingerprint density at radius 2 is 1.53 bits per heavy atom. The van der Waals surface area contributed by atoms with Gasteiger partial charge in [0, 0.05) is 43.9 Å². The summed E-state index contributed by atoms with van der Waals surface area (Å²) in [5.41, 5.74) is 0.670. The molecule has 32 heavy (non-hydrogen) atoms. The molecule has 1 fully saturated rings. The van der Waals surface area contributed by atoms with Crippen molar-refractivity contribution < 1.29 is 19.2 Å². The number of piperazine rings is 1. The molecular formula is C24H23N3O5. The highest BCUT2D eigenvalue weighted by Gasteiger charge is 2.25. The van der Waals surface area contributed by atoms with Crippen LogP contribution < -0.4 is 4.74 Å². The Kier molecular flexibility index (Phi) is 6.30. The number of fused-ring (bicyclic) bond motifs is 1. The Hall–Kier alpha value is -3.94. The van der Waals surface area contributed by atoms with Crippen LogP contribution in [0.5, 0.6) is 5.75 Å². The third-order valence-corrected chi connectivity index (χ3v) is 5.57. The zero-order valence-corrected chi connectivity index (χ0v) is 17.5. The van der Waals surface area contributed by atoms with E-state index in [0.29, 0.717) is 37.5 Å². The first-order valence-corrected chi connectivity index (χ1v) is 10.4. The van der Waals surface area contributed by atoms with Crippen LogP contribution in [-0.2, 0) is 4.79 Å². The quantitative estimate of drug-likeness (QED) is 0.438. The number of hydrogen-bond donors (Lipinski definition) is 0. The average molecular weight is 433 g/mol. The molecule has 0 aromatic heterocycles. The first-order valence-electron chi connectivity index (χ1n) is 10.4. The van der Waals surface area contributed by atoms with Crippen molar-refractivity contribution in [3.63, 3.8) is 0 Å². The second-order valence-electron chi connectivity index (χ2n) is 7.55. The minimum Gasteiger partial charge on any atom is -0.493 e. The van der Waals surface area contributed by atoms with Gasteiger partial charge in [-0.15, -0.1) is 0 Å². The van der Waals surface area contributed by atoms with Gasteiger partial charge in [-0.2, -0.15) is 0 Å². The van der Waals surface area contributed by atoms with E-state index in [1.165, 1.54) is 24.3 Å². The summed E-state index contributed by atoms with van der Waals surface area (Å²) in [5.74, 6) is 0.425. The average Bonchev–Trinajstić information content (AvgIpc) is 2.83. The normalized spacial score (nSPS) is 13.8. The second kappa shape index (κ2) is 9.47. The third-order valence-electron chi connectivity index (χ3n) is 5.57. The van der Waals surface area contributed by atoms with E-state index in [-0.39, 0.29) is 30.5 Å². The molecule has 0 unspecified atom stereocenters. The lowest BCUT2D eigenvalue weighted by molar-refractivity contribution is -0.384. The standard InChI is InChI=1S/C24H23N3O5/c28-23(12-17-32-20-10-8-19(9-11-20)27(30)31)25-13-15-26(16-14-25)24(29)22-7-3-5-18-4-1-2-6-21(18)22/h1-11H,12-17H2. The minimum absolute atomic E-state index is 0.00987. The highest BCUT2D eigenvalue weighted by atomic mass is 16.6. The molecule has 0 radical (unpaired) electrons. The van der Waals surface area contributed by atoms with E-state index < -0.39 is 4.92 Å². The largest absolute Gasteiger partial charge is 0.493 e. The molecule has 3 aromatic carbocycles. The van der Waals surface area contributed by atoms with Crippen LogP contribution in [0.3, 0.4) is 0 Å². The van der Waals surface area contributed by atoms with Crippen LogP contribution in [0.2, 0.25) is 0 Å². The van der Waals surface area contributed by atoms with Crippen LogP contribution in [-0.4, -0.2) is 59.3 Å². The molecule has 1 saturated heterocycles. The van der Waals surface area contributed by atoms with Gasteiger partial charge in [-0.05, 0) is 29.0 Å². The molecule has 0 N–H and O–H groups in total. The summed E-state index contributed by atoms with van der Waals surface area (Å²) in [6, 6.07) is 19.3. The summed E-state index contributed by atoms with van der Waals surface area (Å²) in [7, 11) is 0. The molecule has 1 heterocycles. The zero-order valence-electron chi connectivity index (χ0n) is 17.5. The smallest absolute Gasteiger partial charge is 0.269 e. The van der Waals surface area contributed by atoms with Crippen molar-refractivity contribution in [2.75, 3.05) is 32.8 Å². The van der Waals surface area contributed by atoms with Gasteiger partial charge in [0.05, 0.1) is 18.0 Å². The first-order chi connectivity index (χ1) is 15.5. The Morgan fingerprint density at radius 1 is 0.875 bits per heavy atom. The van der Waals surface area contributed by atoms with E-state index in [9.17, 15) is 19.7 Å². The molecule has 8 nitrogen and oxygen atoms in total. The number of nitro benzene ring substituents is 1. The molecular weight excluding hydrogens is 410 g/mol. The van der Waals surface area contributed by atoms with Crippen molar-refractivity contribution in [3.05, 3.63) is 82.4 Å². The van der Waals surface area contributed by atoms with Gasteiger partial charge in [0.1, 0.15) is 5.75 Å². The summed E-state index contributed by atoms with van der Waals surface area (Å²) >= 11 is 0. The molecule has 2 amide bonds. The number of carbonyl (C=O) groups is 2. The maximum Gasteiger partial charge on any atom is 0.269 e. The van der Waals surface area contributed by atoms with E-state index in [0.717, 1.165) is 10.8 Å². The lowest BCUT2D eigenvalue weighted by atomic mass is 10.0. The number of benzene rings is 3. The van der Waals surface area contributed by atoms with Crippen molar-refractivity contribution in [2.45, 2.75) is 6.42 Å². The summed E-state index contributed by atoms with van der Waals surface area (Å²) in [6.07, 6.45) is 0.203. The number of amides is 2. The van der Waals surface area contributed by atoms with E-state index in [2.05, 4.69) is 0 Å². The fourth-order valence-corrected chi connectivity index (χ4v) is 3.82. The summed E-state index contributed by atoms with van der Waals surface area (Å²) in [6.45, 7) is 2.11. The molecule has 0 aliphatic carbocycles. The van der Waals surface area contributed by atoms with Gasteiger partial charge in [0.15, 0.2) is 0 Å². The van der Waals surface area contributed by atoms with Crippen LogP contribution in [0.4, 0.5) is 5.69 Å². The molecule has 0 bridgehead atoms. The van der Waals surface area contributed by atoms with Crippen molar-refractivity contribution in [1.29, 1.82) is 0 Å². The van der Waals surface area contributed by atoms with Crippen LogP contribution in [0.15, 0.2) is 66.7 Å². The molecule has 1 aliphatic heterocycles. The Morgan fingerprint density at radius 3 is 2.25 bits per heavy atom. The monoisotopic (exact) mass is 433 g/mol. The molecule has 8 heteroatoms. The molecule has 4 rings (SSSR count). The van der Waals surface area contributed by atoms with Crippen molar-refractivity contribution in [3.8, 4) is 5.75 Å². The highest BCUT2D eigenvalue weighted by Crippen LogP contribution is 2.21. The summed E-state index contributed by atoms with van der Waals surface area (Å²) in [5, 5.41) is 12.6. The second-order valence-corrected chi connectivity index (χ2v) is 7.55.